The molecule has 1 atom stereocenters. The van der Waals surface area contributed by atoms with Gasteiger partial charge in [0.2, 0.25) is 0 Å². The highest BCUT2D eigenvalue weighted by molar-refractivity contribution is 6.46. The van der Waals surface area contributed by atoms with Gasteiger partial charge in [-0.05, 0) is 48.4 Å². The number of ketones is 1. The predicted octanol–water partition coefficient (Wildman–Crippen LogP) is 3.64. The van der Waals surface area contributed by atoms with E-state index in [-0.39, 0.29) is 30.2 Å². The van der Waals surface area contributed by atoms with E-state index >= 15 is 0 Å². The largest absolute Gasteiger partial charge is 0.508 e. The van der Waals surface area contributed by atoms with Crippen molar-refractivity contribution in [3.63, 3.8) is 0 Å². The van der Waals surface area contributed by atoms with Gasteiger partial charge in [0.25, 0.3) is 11.7 Å². The van der Waals surface area contributed by atoms with E-state index in [2.05, 4.69) is 6.92 Å². The number of aliphatic hydroxyl groups is 1. The monoisotopic (exact) mass is 425 g/mol. The molecule has 2 N–H and O–H groups in total. The Morgan fingerprint density at radius 3 is 2.32 bits per heavy atom. The van der Waals surface area contributed by atoms with Gasteiger partial charge in [-0.3, -0.25) is 9.59 Å². The second-order valence-corrected chi connectivity index (χ2v) is 7.30. The van der Waals surface area contributed by atoms with Crippen molar-refractivity contribution < 1.29 is 29.3 Å². The molecule has 2 aromatic carbocycles. The number of phenols is 1. The lowest BCUT2D eigenvalue weighted by atomic mass is 9.95. The maximum absolute atomic E-state index is 12.9. The van der Waals surface area contributed by atoms with Crippen LogP contribution in [-0.2, 0) is 14.3 Å². The van der Waals surface area contributed by atoms with Gasteiger partial charge in [-0.15, -0.1) is 0 Å². The number of nitrogens with zero attached hydrogens (tertiary/aromatic N) is 1. The summed E-state index contributed by atoms with van der Waals surface area (Å²) in [6, 6.07) is 12.2. The smallest absolute Gasteiger partial charge is 0.295 e. The highest BCUT2D eigenvalue weighted by Crippen LogP contribution is 2.39. The quantitative estimate of drug-likeness (QED) is 0.276. The van der Waals surface area contributed by atoms with Crippen LogP contribution in [0.4, 0.5) is 0 Å². The number of Topliss-reactive ketones (excluding diaryl/α,β-unsaturated/α-hetero) is 1. The first kappa shape index (κ1) is 22.4. The number of hydrogen-bond acceptors (Lipinski definition) is 6. The lowest BCUT2D eigenvalue weighted by Gasteiger charge is -2.25. The fourth-order valence-electron chi connectivity index (χ4n) is 3.50. The number of ether oxygens (including phenoxy) is 2. The molecule has 1 aliphatic rings. The van der Waals surface area contributed by atoms with Crippen LogP contribution in [0, 0.1) is 0 Å². The molecule has 0 spiro atoms. The topological polar surface area (TPSA) is 96.3 Å². The van der Waals surface area contributed by atoms with Gasteiger partial charge in [0.15, 0.2) is 0 Å². The van der Waals surface area contributed by atoms with Crippen LogP contribution in [0.25, 0.3) is 5.76 Å². The van der Waals surface area contributed by atoms with E-state index in [1.165, 1.54) is 24.1 Å². The van der Waals surface area contributed by atoms with Gasteiger partial charge in [-0.2, -0.15) is 0 Å². The number of carbonyl (C=O) groups excluding carboxylic acids is 2. The second kappa shape index (κ2) is 10.1. The molecule has 1 aliphatic heterocycles. The Bertz CT molecular complexity index is 949. The van der Waals surface area contributed by atoms with Crippen molar-refractivity contribution in [2.45, 2.75) is 25.8 Å². The van der Waals surface area contributed by atoms with Crippen molar-refractivity contribution in [3.05, 3.63) is 65.2 Å². The van der Waals surface area contributed by atoms with E-state index in [0.717, 1.165) is 12.8 Å². The number of amides is 1. The Morgan fingerprint density at radius 2 is 1.71 bits per heavy atom. The number of likely N-dealkylation sites (tertiary alicyclic amines) is 1. The van der Waals surface area contributed by atoms with Gasteiger partial charge >= 0.3 is 0 Å². The van der Waals surface area contributed by atoms with Gasteiger partial charge in [0, 0.05) is 19.2 Å². The Kier molecular flexibility index (Phi) is 7.31. The number of methoxy groups -OCH3 is 1. The average molecular weight is 425 g/mol. The van der Waals surface area contributed by atoms with Gasteiger partial charge < -0.3 is 24.6 Å². The van der Waals surface area contributed by atoms with E-state index in [0.29, 0.717) is 23.5 Å². The van der Waals surface area contributed by atoms with Crippen molar-refractivity contribution >= 4 is 17.4 Å². The molecule has 1 saturated heterocycles. The van der Waals surface area contributed by atoms with Crippen LogP contribution in [-0.4, -0.2) is 53.7 Å². The summed E-state index contributed by atoms with van der Waals surface area (Å²) in [5.41, 5.74) is 1.02. The van der Waals surface area contributed by atoms with E-state index in [4.69, 9.17) is 9.47 Å². The number of unbranched alkanes of at least 4 members (excludes halogenated alkanes) is 1. The minimum absolute atomic E-state index is 0.00597. The normalized spacial score (nSPS) is 17.9. The number of rotatable bonds is 9. The standard InChI is InChI=1S/C24H27NO6/c1-3-4-14-31-19-11-7-17(8-12-19)22(27)20-21(16-5-9-18(26)10-6-16)25(13-15-30-2)24(29)23(20)28/h5-12,21,26-27H,3-4,13-15H2,1-2H3/b22-20-. The molecule has 0 radical (unpaired) electrons. The zero-order chi connectivity index (χ0) is 22.4. The first-order chi connectivity index (χ1) is 15.0. The van der Waals surface area contributed by atoms with Gasteiger partial charge in [0.05, 0.1) is 24.8 Å². The SMILES string of the molecule is CCCCOc1ccc(/C(O)=C2/C(=O)C(=O)N(CCOC)C2c2ccc(O)cc2)cc1. The minimum Gasteiger partial charge on any atom is -0.508 e. The third kappa shape index (κ3) is 4.88. The third-order valence-electron chi connectivity index (χ3n) is 5.18. The van der Waals surface area contributed by atoms with Crippen LogP contribution in [0.2, 0.25) is 0 Å². The number of benzene rings is 2. The number of aliphatic hydroxyl groups excluding tert-OH is 1. The summed E-state index contributed by atoms with van der Waals surface area (Å²) in [6.07, 6.45) is 1.97. The first-order valence-electron chi connectivity index (χ1n) is 10.3. The summed E-state index contributed by atoms with van der Waals surface area (Å²) >= 11 is 0. The molecule has 1 amide bonds. The van der Waals surface area contributed by atoms with Crippen molar-refractivity contribution in [3.8, 4) is 11.5 Å². The molecule has 1 fully saturated rings. The molecule has 0 saturated carbocycles. The van der Waals surface area contributed by atoms with E-state index in [9.17, 15) is 19.8 Å². The lowest BCUT2D eigenvalue weighted by molar-refractivity contribution is -0.140. The highest BCUT2D eigenvalue weighted by Gasteiger charge is 2.45. The molecule has 7 nitrogen and oxygen atoms in total. The van der Waals surface area contributed by atoms with E-state index in [1.807, 2.05) is 0 Å². The number of phenolic OH excluding ortho intramolecular Hbond substituents is 1. The number of hydrogen-bond donors (Lipinski definition) is 2. The fourth-order valence-corrected chi connectivity index (χ4v) is 3.50. The third-order valence-corrected chi connectivity index (χ3v) is 5.18. The van der Waals surface area contributed by atoms with Crippen molar-refractivity contribution in [1.29, 1.82) is 0 Å². The molecule has 3 rings (SSSR count). The van der Waals surface area contributed by atoms with Crippen molar-refractivity contribution in [2.75, 3.05) is 26.9 Å². The molecule has 31 heavy (non-hydrogen) atoms. The van der Waals surface area contributed by atoms with Gasteiger partial charge in [0.1, 0.15) is 17.3 Å². The Balaban J connectivity index is 2.00. The van der Waals surface area contributed by atoms with Crippen molar-refractivity contribution in [2.24, 2.45) is 0 Å². The van der Waals surface area contributed by atoms with E-state index in [1.54, 1.807) is 36.4 Å². The zero-order valence-electron chi connectivity index (χ0n) is 17.7. The fraction of sp³-hybridized carbons (Fsp3) is 0.333. The van der Waals surface area contributed by atoms with Gasteiger partial charge in [-0.25, -0.2) is 0 Å². The number of aromatic hydroxyl groups is 1. The molecule has 2 aromatic rings. The zero-order valence-corrected chi connectivity index (χ0v) is 17.7. The molecule has 164 valence electrons. The van der Waals surface area contributed by atoms with Gasteiger partial charge in [-0.1, -0.05) is 25.5 Å². The Hall–Kier alpha value is -3.32. The Morgan fingerprint density at radius 1 is 1.03 bits per heavy atom. The molecule has 1 unspecified atom stereocenters. The molecule has 0 aliphatic carbocycles. The molecule has 7 heteroatoms. The van der Waals surface area contributed by atoms with Crippen LogP contribution in [0.5, 0.6) is 11.5 Å². The number of carbonyl (C=O) groups is 2. The lowest BCUT2D eigenvalue weighted by Crippen LogP contribution is -2.32. The highest BCUT2D eigenvalue weighted by atomic mass is 16.5. The summed E-state index contributed by atoms with van der Waals surface area (Å²) in [5.74, 6) is -0.973. The summed E-state index contributed by atoms with van der Waals surface area (Å²) in [4.78, 5) is 27.0. The maximum atomic E-state index is 12.9. The minimum atomic E-state index is -0.781. The van der Waals surface area contributed by atoms with Crippen LogP contribution in [0.1, 0.15) is 36.9 Å². The Labute approximate surface area is 181 Å². The van der Waals surface area contributed by atoms with Crippen LogP contribution in [0.15, 0.2) is 54.1 Å². The first-order valence-corrected chi connectivity index (χ1v) is 10.3. The summed E-state index contributed by atoms with van der Waals surface area (Å²) < 4.78 is 10.7. The van der Waals surface area contributed by atoms with Crippen LogP contribution < -0.4 is 4.74 Å². The molecule has 0 aromatic heterocycles. The second-order valence-electron chi connectivity index (χ2n) is 7.30. The van der Waals surface area contributed by atoms with Crippen LogP contribution in [0.3, 0.4) is 0 Å². The van der Waals surface area contributed by atoms with Crippen molar-refractivity contribution in [1.82, 2.24) is 4.90 Å². The van der Waals surface area contributed by atoms with E-state index < -0.39 is 17.7 Å². The molecule has 1 heterocycles. The molecular weight excluding hydrogens is 398 g/mol. The summed E-state index contributed by atoms with van der Waals surface area (Å²) in [7, 11) is 1.51. The average Bonchev–Trinajstić information content (AvgIpc) is 3.03. The maximum Gasteiger partial charge on any atom is 0.295 e. The molecule has 0 bridgehead atoms. The molecular formula is C24H27NO6. The predicted molar refractivity (Wildman–Crippen MR) is 116 cm³/mol. The summed E-state index contributed by atoms with van der Waals surface area (Å²) in [6.45, 7) is 3.11. The van der Waals surface area contributed by atoms with Crippen LogP contribution >= 0.6 is 0 Å². The summed E-state index contributed by atoms with van der Waals surface area (Å²) in [5, 5.41) is 20.6.